The van der Waals surface area contributed by atoms with Gasteiger partial charge in [0.2, 0.25) is 5.91 Å². The Balaban J connectivity index is 1.46. The van der Waals surface area contributed by atoms with Gasteiger partial charge in [0, 0.05) is 12.0 Å². The molecule has 0 aromatic heterocycles. The maximum atomic E-state index is 13.1. The number of benzene rings is 2. The molecule has 0 aliphatic heterocycles. The first-order chi connectivity index (χ1) is 11.1. The second-order valence-corrected chi connectivity index (χ2v) is 6.92. The quantitative estimate of drug-likeness (QED) is 0.896. The van der Waals surface area contributed by atoms with Crippen molar-refractivity contribution in [1.82, 2.24) is 5.32 Å². The molecule has 0 saturated heterocycles. The van der Waals surface area contributed by atoms with E-state index in [-0.39, 0.29) is 17.1 Å². The summed E-state index contributed by atoms with van der Waals surface area (Å²) < 4.78 is 13.1. The molecule has 0 atom stereocenters. The lowest BCUT2D eigenvalue weighted by Crippen LogP contribution is -2.39. The van der Waals surface area contributed by atoms with Crippen LogP contribution in [0.15, 0.2) is 54.6 Å². The van der Waals surface area contributed by atoms with E-state index in [1.54, 1.807) is 12.1 Å². The summed E-state index contributed by atoms with van der Waals surface area (Å²) in [5.41, 5.74) is 1.93. The highest BCUT2D eigenvalue weighted by Crippen LogP contribution is 2.50. The van der Waals surface area contributed by atoms with Gasteiger partial charge in [0.05, 0.1) is 5.41 Å². The van der Waals surface area contributed by atoms with Crippen LogP contribution in [0.4, 0.5) is 4.39 Å². The normalized spacial score (nSPS) is 19.9. The molecule has 2 nitrogen and oxygen atoms in total. The van der Waals surface area contributed by atoms with Crippen LogP contribution >= 0.6 is 0 Å². The van der Waals surface area contributed by atoms with E-state index in [0.29, 0.717) is 6.54 Å². The molecule has 0 unspecified atom stereocenters. The van der Waals surface area contributed by atoms with Crippen molar-refractivity contribution in [3.8, 4) is 0 Å². The number of rotatable bonds is 5. The standard InChI is InChI=1S/C20H20FNO/c21-17-8-6-16(7-9-17)20(12-13-20)18(23)22-14-19(10-11-19)15-4-2-1-3-5-15/h1-9H,10-14H2,(H,22,23). The number of hydrogen-bond donors (Lipinski definition) is 1. The highest BCUT2D eigenvalue weighted by Gasteiger charge is 2.52. The molecule has 3 heteroatoms. The number of carbonyl (C=O) groups is 1. The van der Waals surface area contributed by atoms with Crippen molar-refractivity contribution in [2.45, 2.75) is 36.5 Å². The molecule has 0 spiro atoms. The van der Waals surface area contributed by atoms with Gasteiger partial charge in [-0.3, -0.25) is 4.79 Å². The third kappa shape index (κ3) is 2.54. The van der Waals surface area contributed by atoms with E-state index in [1.807, 2.05) is 6.07 Å². The van der Waals surface area contributed by atoms with Crippen molar-refractivity contribution in [2.75, 3.05) is 6.54 Å². The summed E-state index contributed by atoms with van der Waals surface area (Å²) in [6, 6.07) is 16.8. The first-order valence-electron chi connectivity index (χ1n) is 8.25. The predicted octanol–water partition coefficient (Wildman–Crippen LogP) is 3.71. The predicted molar refractivity (Wildman–Crippen MR) is 87.7 cm³/mol. The summed E-state index contributed by atoms with van der Waals surface area (Å²) in [5.74, 6) is -0.169. The maximum absolute atomic E-state index is 13.1. The van der Waals surface area contributed by atoms with Gasteiger partial charge in [-0.1, -0.05) is 42.5 Å². The van der Waals surface area contributed by atoms with Gasteiger partial charge in [-0.2, -0.15) is 0 Å². The zero-order chi connectivity index (χ0) is 15.9. The lowest BCUT2D eigenvalue weighted by Gasteiger charge is -2.20. The van der Waals surface area contributed by atoms with Crippen LogP contribution in [0.3, 0.4) is 0 Å². The largest absolute Gasteiger partial charge is 0.354 e. The van der Waals surface area contributed by atoms with Crippen LogP contribution in [0.2, 0.25) is 0 Å². The Hall–Kier alpha value is -2.16. The van der Waals surface area contributed by atoms with Gasteiger partial charge in [-0.25, -0.2) is 4.39 Å². The van der Waals surface area contributed by atoms with Crippen molar-refractivity contribution >= 4 is 5.91 Å². The molecule has 2 aromatic rings. The lowest BCUT2D eigenvalue weighted by atomic mass is 9.93. The molecule has 1 amide bonds. The number of nitrogens with one attached hydrogen (secondary N) is 1. The van der Waals surface area contributed by atoms with E-state index in [4.69, 9.17) is 0 Å². The molecule has 0 heterocycles. The van der Waals surface area contributed by atoms with E-state index >= 15 is 0 Å². The van der Waals surface area contributed by atoms with Gasteiger partial charge in [0.1, 0.15) is 5.82 Å². The summed E-state index contributed by atoms with van der Waals surface area (Å²) in [6.45, 7) is 0.693. The van der Waals surface area contributed by atoms with Crippen LogP contribution in [0.25, 0.3) is 0 Å². The minimum Gasteiger partial charge on any atom is -0.354 e. The van der Waals surface area contributed by atoms with Crippen molar-refractivity contribution in [1.29, 1.82) is 0 Å². The van der Waals surface area contributed by atoms with E-state index in [1.165, 1.54) is 17.7 Å². The van der Waals surface area contributed by atoms with Crippen LogP contribution in [0.5, 0.6) is 0 Å². The molecule has 0 radical (unpaired) electrons. The molecular weight excluding hydrogens is 289 g/mol. The first kappa shape index (κ1) is 14.4. The Bertz CT molecular complexity index is 715. The topological polar surface area (TPSA) is 29.1 Å². The smallest absolute Gasteiger partial charge is 0.230 e. The van der Waals surface area contributed by atoms with Crippen LogP contribution in [0, 0.1) is 5.82 Å². The Labute approximate surface area is 135 Å². The lowest BCUT2D eigenvalue weighted by molar-refractivity contribution is -0.123. The zero-order valence-corrected chi connectivity index (χ0v) is 13.0. The minimum atomic E-state index is -0.430. The average molecular weight is 309 g/mol. The third-order valence-electron chi connectivity index (χ3n) is 5.41. The molecule has 118 valence electrons. The Morgan fingerprint density at radius 1 is 0.913 bits per heavy atom. The van der Waals surface area contributed by atoms with Crippen molar-refractivity contribution < 1.29 is 9.18 Å². The average Bonchev–Trinajstić information content (AvgIpc) is 3.49. The number of halogens is 1. The van der Waals surface area contributed by atoms with Gasteiger partial charge in [0.15, 0.2) is 0 Å². The summed E-state index contributed by atoms with van der Waals surface area (Å²) in [5, 5.41) is 3.17. The van der Waals surface area contributed by atoms with Gasteiger partial charge >= 0.3 is 0 Å². The summed E-state index contributed by atoms with van der Waals surface area (Å²) in [7, 11) is 0. The summed E-state index contributed by atoms with van der Waals surface area (Å²) >= 11 is 0. The van der Waals surface area contributed by atoms with E-state index in [9.17, 15) is 9.18 Å². The minimum absolute atomic E-state index is 0.0892. The molecule has 0 bridgehead atoms. The van der Waals surface area contributed by atoms with Crippen LogP contribution in [-0.4, -0.2) is 12.5 Å². The molecular formula is C20H20FNO. The van der Waals surface area contributed by atoms with Crippen molar-refractivity contribution in [3.63, 3.8) is 0 Å². The highest BCUT2D eigenvalue weighted by molar-refractivity contribution is 5.91. The first-order valence-corrected chi connectivity index (χ1v) is 8.25. The molecule has 2 aromatic carbocycles. The Morgan fingerprint density at radius 3 is 2.13 bits per heavy atom. The van der Waals surface area contributed by atoms with Gasteiger partial charge in [0.25, 0.3) is 0 Å². The van der Waals surface area contributed by atoms with Gasteiger partial charge in [-0.15, -0.1) is 0 Å². The molecule has 23 heavy (non-hydrogen) atoms. The SMILES string of the molecule is O=C(NCC1(c2ccccc2)CC1)C1(c2ccc(F)cc2)CC1. The molecule has 1 N–H and O–H groups in total. The molecule has 4 rings (SSSR count). The molecule has 2 saturated carbocycles. The van der Waals surface area contributed by atoms with E-state index < -0.39 is 5.41 Å². The summed E-state index contributed by atoms with van der Waals surface area (Å²) in [6.07, 6.45) is 3.95. The van der Waals surface area contributed by atoms with Gasteiger partial charge < -0.3 is 5.32 Å². The fourth-order valence-electron chi connectivity index (χ4n) is 3.47. The van der Waals surface area contributed by atoms with Crippen LogP contribution < -0.4 is 5.32 Å². The Kier molecular flexibility index (Phi) is 3.26. The van der Waals surface area contributed by atoms with Crippen molar-refractivity contribution in [3.05, 3.63) is 71.5 Å². The fourth-order valence-corrected chi connectivity index (χ4v) is 3.47. The van der Waals surface area contributed by atoms with E-state index in [2.05, 4.69) is 29.6 Å². The number of hydrogen-bond acceptors (Lipinski definition) is 1. The molecule has 2 aliphatic rings. The second kappa shape index (κ2) is 5.19. The second-order valence-electron chi connectivity index (χ2n) is 6.92. The monoisotopic (exact) mass is 309 g/mol. The molecule has 2 fully saturated rings. The number of amides is 1. The fraction of sp³-hybridized carbons (Fsp3) is 0.350. The van der Waals surface area contributed by atoms with Gasteiger partial charge in [-0.05, 0) is 48.9 Å². The molecule has 2 aliphatic carbocycles. The highest BCUT2D eigenvalue weighted by atomic mass is 19.1. The number of carbonyl (C=O) groups excluding carboxylic acids is 1. The van der Waals surface area contributed by atoms with Crippen molar-refractivity contribution in [2.24, 2.45) is 0 Å². The third-order valence-corrected chi connectivity index (χ3v) is 5.41. The van der Waals surface area contributed by atoms with E-state index in [0.717, 1.165) is 31.2 Å². The maximum Gasteiger partial charge on any atom is 0.230 e. The zero-order valence-electron chi connectivity index (χ0n) is 13.0. The van der Waals surface area contributed by atoms with Crippen LogP contribution in [0.1, 0.15) is 36.8 Å². The summed E-state index contributed by atoms with van der Waals surface area (Å²) in [4.78, 5) is 12.7. The Morgan fingerprint density at radius 2 is 1.57 bits per heavy atom. The van der Waals surface area contributed by atoms with Crippen LogP contribution in [-0.2, 0) is 15.6 Å².